The van der Waals surface area contributed by atoms with Crippen LogP contribution in [0.1, 0.15) is 28.8 Å². The van der Waals surface area contributed by atoms with Crippen LogP contribution in [0.3, 0.4) is 0 Å². The molecule has 1 aliphatic heterocycles. The molecule has 4 rings (SSSR count). The minimum Gasteiger partial charge on any atom is -0.457 e. The molecular formula is C18H16N2O2. The summed E-state index contributed by atoms with van der Waals surface area (Å²) in [5, 5.41) is 11.0. The van der Waals surface area contributed by atoms with Crippen molar-refractivity contribution in [3.63, 3.8) is 0 Å². The number of aromatic nitrogens is 2. The molecule has 1 aliphatic rings. The van der Waals surface area contributed by atoms with Gasteiger partial charge in [-0.05, 0) is 12.1 Å². The second-order valence-corrected chi connectivity index (χ2v) is 5.53. The average Bonchev–Trinajstić information content (AvgIpc) is 2.98. The summed E-state index contributed by atoms with van der Waals surface area (Å²) in [4.78, 5) is 4.12. The fourth-order valence-electron chi connectivity index (χ4n) is 3.11. The minimum absolute atomic E-state index is 0.170. The second-order valence-electron chi connectivity index (χ2n) is 5.53. The van der Waals surface area contributed by atoms with Crippen LogP contribution in [-0.2, 0) is 7.05 Å². The van der Waals surface area contributed by atoms with Crippen molar-refractivity contribution in [1.82, 2.24) is 9.55 Å². The van der Waals surface area contributed by atoms with Gasteiger partial charge in [0.25, 0.3) is 0 Å². The molecular weight excluding hydrogens is 276 g/mol. The maximum atomic E-state index is 11.0. The Kier molecular flexibility index (Phi) is 2.98. The Balaban J connectivity index is 1.89. The van der Waals surface area contributed by atoms with Crippen LogP contribution in [0.25, 0.3) is 0 Å². The molecule has 22 heavy (non-hydrogen) atoms. The highest BCUT2D eigenvalue weighted by Crippen LogP contribution is 2.48. The Labute approximate surface area is 128 Å². The largest absolute Gasteiger partial charge is 0.457 e. The lowest BCUT2D eigenvalue weighted by atomic mass is 9.83. The Hall–Kier alpha value is -2.59. The van der Waals surface area contributed by atoms with Crippen molar-refractivity contribution in [2.24, 2.45) is 7.05 Å². The maximum absolute atomic E-state index is 11.0. The number of hydrogen-bond donors (Lipinski definition) is 1. The number of aliphatic hydroxyl groups excluding tert-OH is 1. The normalized spacial score (nSPS) is 14.8. The van der Waals surface area contributed by atoms with Crippen LogP contribution in [0.2, 0.25) is 0 Å². The lowest BCUT2D eigenvalue weighted by Crippen LogP contribution is -2.19. The first-order chi connectivity index (χ1) is 10.8. The molecule has 2 heterocycles. The van der Waals surface area contributed by atoms with Crippen molar-refractivity contribution >= 4 is 0 Å². The molecule has 110 valence electrons. The van der Waals surface area contributed by atoms with Gasteiger partial charge in [-0.3, -0.25) is 0 Å². The van der Waals surface area contributed by atoms with E-state index in [-0.39, 0.29) is 5.92 Å². The van der Waals surface area contributed by atoms with Gasteiger partial charge in [0.1, 0.15) is 17.6 Å². The van der Waals surface area contributed by atoms with E-state index in [9.17, 15) is 5.11 Å². The number of rotatable bonds is 2. The molecule has 0 spiro atoms. The number of aliphatic hydroxyl groups is 1. The van der Waals surface area contributed by atoms with E-state index in [0.29, 0.717) is 0 Å². The van der Waals surface area contributed by atoms with E-state index in [1.54, 1.807) is 12.5 Å². The fraction of sp³-hybridized carbons (Fsp3) is 0.167. The van der Waals surface area contributed by atoms with Crippen LogP contribution in [0, 0.1) is 0 Å². The Morgan fingerprint density at radius 1 is 1.05 bits per heavy atom. The second kappa shape index (κ2) is 5.00. The summed E-state index contributed by atoms with van der Waals surface area (Å²) in [6, 6.07) is 15.7. The van der Waals surface area contributed by atoms with E-state index in [4.69, 9.17) is 4.74 Å². The number of aryl methyl sites for hydroxylation is 1. The van der Waals surface area contributed by atoms with Crippen LogP contribution in [0.4, 0.5) is 0 Å². The Morgan fingerprint density at radius 3 is 2.18 bits per heavy atom. The van der Waals surface area contributed by atoms with E-state index >= 15 is 0 Å². The topological polar surface area (TPSA) is 47.3 Å². The van der Waals surface area contributed by atoms with E-state index in [2.05, 4.69) is 4.98 Å². The third kappa shape index (κ3) is 1.92. The van der Waals surface area contributed by atoms with Gasteiger partial charge in [0.2, 0.25) is 0 Å². The Morgan fingerprint density at radius 2 is 1.64 bits per heavy atom. The Bertz CT molecular complexity index is 780. The number of benzene rings is 2. The summed E-state index contributed by atoms with van der Waals surface area (Å²) >= 11 is 0. The van der Waals surface area contributed by atoms with Crippen LogP contribution in [-0.4, -0.2) is 14.7 Å². The molecule has 0 saturated heterocycles. The predicted molar refractivity (Wildman–Crippen MR) is 83.0 cm³/mol. The van der Waals surface area contributed by atoms with Gasteiger partial charge in [-0.2, -0.15) is 0 Å². The molecule has 0 fully saturated rings. The van der Waals surface area contributed by atoms with Crippen LogP contribution >= 0.6 is 0 Å². The minimum atomic E-state index is -0.682. The van der Waals surface area contributed by atoms with Gasteiger partial charge in [0.05, 0.1) is 18.2 Å². The van der Waals surface area contributed by atoms with Crippen molar-refractivity contribution in [1.29, 1.82) is 0 Å². The highest BCUT2D eigenvalue weighted by Gasteiger charge is 2.34. The first-order valence-electron chi connectivity index (χ1n) is 7.25. The highest BCUT2D eigenvalue weighted by atomic mass is 16.5. The summed E-state index contributed by atoms with van der Waals surface area (Å²) in [6.45, 7) is 0. The van der Waals surface area contributed by atoms with Crippen molar-refractivity contribution in [2.45, 2.75) is 12.0 Å². The van der Waals surface area contributed by atoms with Crippen LogP contribution < -0.4 is 4.74 Å². The van der Waals surface area contributed by atoms with Gasteiger partial charge in [0.15, 0.2) is 0 Å². The summed E-state index contributed by atoms with van der Waals surface area (Å²) < 4.78 is 7.82. The monoisotopic (exact) mass is 292 g/mol. The standard InChI is InChI=1S/C18H16N2O2/c1-20-11-19-10-14(20)18(21)17-12-6-2-4-8-15(12)22-16-9-5-3-7-13(16)17/h2-11,17-18,21H,1H3. The van der Waals surface area contributed by atoms with Crippen LogP contribution in [0.15, 0.2) is 61.1 Å². The number of para-hydroxylation sites is 2. The number of nitrogens with zero attached hydrogens (tertiary/aromatic N) is 2. The number of hydrogen-bond acceptors (Lipinski definition) is 3. The smallest absolute Gasteiger partial charge is 0.131 e. The fourth-order valence-corrected chi connectivity index (χ4v) is 3.11. The zero-order valence-corrected chi connectivity index (χ0v) is 12.2. The van der Waals surface area contributed by atoms with Crippen molar-refractivity contribution in [3.05, 3.63) is 77.9 Å². The molecule has 4 heteroatoms. The van der Waals surface area contributed by atoms with Gasteiger partial charge >= 0.3 is 0 Å². The first kappa shape index (κ1) is 13.1. The molecule has 1 N–H and O–H groups in total. The average molecular weight is 292 g/mol. The van der Waals surface area contributed by atoms with Gasteiger partial charge in [-0.15, -0.1) is 0 Å². The SMILES string of the molecule is Cn1cncc1C(O)C1c2ccccc2Oc2ccccc21. The molecule has 1 atom stereocenters. The van der Waals surface area contributed by atoms with Crippen molar-refractivity contribution < 1.29 is 9.84 Å². The van der Waals surface area contributed by atoms with E-state index < -0.39 is 6.10 Å². The molecule has 0 aliphatic carbocycles. The number of ether oxygens (including phenoxy) is 1. The molecule has 4 nitrogen and oxygen atoms in total. The summed E-state index contributed by atoms with van der Waals surface area (Å²) in [6.07, 6.45) is 2.74. The predicted octanol–water partition coefficient (Wildman–Crippen LogP) is 3.39. The van der Waals surface area contributed by atoms with Crippen molar-refractivity contribution in [3.8, 4) is 11.5 Å². The van der Waals surface area contributed by atoms with Crippen molar-refractivity contribution in [2.75, 3.05) is 0 Å². The number of fused-ring (bicyclic) bond motifs is 2. The van der Waals surface area contributed by atoms with Gasteiger partial charge in [0, 0.05) is 24.1 Å². The van der Waals surface area contributed by atoms with Gasteiger partial charge in [-0.25, -0.2) is 4.98 Å². The highest BCUT2D eigenvalue weighted by molar-refractivity contribution is 5.54. The van der Waals surface area contributed by atoms with Gasteiger partial charge < -0.3 is 14.4 Å². The summed E-state index contributed by atoms with van der Waals surface area (Å²) in [7, 11) is 1.89. The zero-order chi connectivity index (χ0) is 15.1. The van der Waals surface area contributed by atoms with Crippen LogP contribution in [0.5, 0.6) is 11.5 Å². The third-order valence-corrected chi connectivity index (χ3v) is 4.20. The molecule has 1 aromatic heterocycles. The summed E-state index contributed by atoms with van der Waals surface area (Å²) in [5.74, 6) is 1.43. The van der Waals surface area contributed by atoms with E-state index in [1.807, 2.05) is 60.1 Å². The van der Waals surface area contributed by atoms with E-state index in [0.717, 1.165) is 28.3 Å². The lowest BCUT2D eigenvalue weighted by Gasteiger charge is -2.31. The first-order valence-corrected chi connectivity index (χ1v) is 7.25. The molecule has 1 unspecified atom stereocenters. The maximum Gasteiger partial charge on any atom is 0.131 e. The molecule has 0 radical (unpaired) electrons. The molecule has 2 aromatic carbocycles. The number of imidazole rings is 1. The summed E-state index contributed by atoms with van der Waals surface area (Å²) in [5.41, 5.74) is 2.78. The molecule has 0 bridgehead atoms. The molecule has 0 amide bonds. The quantitative estimate of drug-likeness (QED) is 0.787. The molecule has 0 saturated carbocycles. The zero-order valence-electron chi connectivity index (χ0n) is 12.2. The van der Waals surface area contributed by atoms with Gasteiger partial charge in [-0.1, -0.05) is 36.4 Å². The van der Waals surface area contributed by atoms with E-state index in [1.165, 1.54) is 0 Å². The lowest BCUT2D eigenvalue weighted by molar-refractivity contribution is 0.146. The molecule has 3 aromatic rings. The third-order valence-electron chi connectivity index (χ3n) is 4.20.